The van der Waals surface area contributed by atoms with Crippen LogP contribution in [0.25, 0.3) is 22.2 Å². The Bertz CT molecular complexity index is 2720. The second-order valence-electron chi connectivity index (χ2n) is 13.6. The first-order chi connectivity index (χ1) is 27.4. The summed E-state index contributed by atoms with van der Waals surface area (Å²) in [6.07, 6.45) is 3.42. The Morgan fingerprint density at radius 2 is 1.51 bits per heavy atom. The van der Waals surface area contributed by atoms with Gasteiger partial charge in [-0.1, -0.05) is 124 Å². The van der Waals surface area contributed by atoms with Gasteiger partial charge in [-0.3, -0.25) is 19.7 Å². The van der Waals surface area contributed by atoms with E-state index in [-0.39, 0.29) is 17.0 Å². The maximum Gasteiger partial charge on any atom is 0.289 e. The van der Waals surface area contributed by atoms with E-state index < -0.39 is 48.3 Å². The van der Waals surface area contributed by atoms with E-state index in [1.165, 1.54) is 5.56 Å². The van der Waals surface area contributed by atoms with Crippen LogP contribution in [0.1, 0.15) is 38.5 Å². The number of hydrogen-bond acceptors (Lipinski definition) is 7. The van der Waals surface area contributed by atoms with Crippen LogP contribution in [0, 0.1) is 17.0 Å². The number of nitrogens with zero attached hydrogens (tertiary/aromatic N) is 3. The maximum absolute atomic E-state index is 14.6. The van der Waals surface area contributed by atoms with Crippen molar-refractivity contribution in [3.8, 4) is 11.1 Å². The zero-order chi connectivity index (χ0) is 40.3. The zero-order valence-electron chi connectivity index (χ0n) is 30.4. The molecule has 13 heteroatoms. The number of pyridine rings is 1. The maximum atomic E-state index is 14.6. The molecular formula is C44H34BrClN4O6S. The second kappa shape index (κ2) is 16.6. The Labute approximate surface area is 342 Å². The fourth-order valence-corrected chi connectivity index (χ4v) is 8.55. The van der Waals surface area contributed by atoms with Crippen molar-refractivity contribution in [1.29, 1.82) is 0 Å². The highest BCUT2D eigenvalue weighted by atomic mass is 79.9. The number of amides is 1. The molecular weight excluding hydrogens is 828 g/mol. The van der Waals surface area contributed by atoms with Crippen LogP contribution >= 0.6 is 27.5 Å². The number of nitro groups is 1. The number of nitrogens with one attached hydrogen (secondary N) is 1. The topological polar surface area (TPSA) is 141 Å². The second-order valence-corrected chi connectivity index (χ2v) is 16.8. The van der Waals surface area contributed by atoms with E-state index in [0.717, 1.165) is 44.9 Å². The smallest absolute Gasteiger partial charge is 0.289 e. The molecule has 7 rings (SSSR count). The minimum absolute atomic E-state index is 0.159. The van der Waals surface area contributed by atoms with Gasteiger partial charge in [-0.15, -0.1) is 0 Å². The fourth-order valence-electron chi connectivity index (χ4n) is 6.80. The van der Waals surface area contributed by atoms with Crippen molar-refractivity contribution in [2.75, 3.05) is 0 Å². The number of rotatable bonds is 12. The van der Waals surface area contributed by atoms with E-state index in [2.05, 4.69) is 50.5 Å². The Balaban J connectivity index is 1.28. The lowest BCUT2D eigenvalue weighted by Gasteiger charge is -2.27. The Morgan fingerprint density at radius 1 is 0.860 bits per heavy atom. The summed E-state index contributed by atoms with van der Waals surface area (Å²) in [7, 11) is -4.94. The van der Waals surface area contributed by atoms with E-state index in [0.29, 0.717) is 23.1 Å². The van der Waals surface area contributed by atoms with Crippen LogP contribution in [0.2, 0.25) is 5.02 Å². The summed E-state index contributed by atoms with van der Waals surface area (Å²) in [5.74, 6) is -1.59. The first-order valence-electron chi connectivity index (χ1n) is 17.8. The SMILES string of the molecule is Cc1ccc(-c2ccc(Cn3cc(C(=O)N[C@H](C(=O)S(=O)(=O)c4ccc(Cl)c([N+](=O)[O-])c4)[C@@H](Cc4ccc(Br)cc4)c4ccccc4)c4cccnc43)cc2)cc1. The summed E-state index contributed by atoms with van der Waals surface area (Å²) in [5, 5.41) is 13.4. The highest BCUT2D eigenvalue weighted by molar-refractivity contribution is 9.10. The lowest BCUT2D eigenvalue weighted by molar-refractivity contribution is -0.384. The van der Waals surface area contributed by atoms with Crippen LogP contribution in [0.5, 0.6) is 0 Å². The van der Waals surface area contributed by atoms with Gasteiger partial charge in [0, 0.05) is 40.8 Å². The summed E-state index contributed by atoms with van der Waals surface area (Å²) >= 11 is 9.44. The first kappa shape index (κ1) is 39.3. The molecule has 0 aliphatic heterocycles. The van der Waals surface area contributed by atoms with Crippen LogP contribution in [-0.2, 0) is 27.6 Å². The molecule has 0 bridgehead atoms. The van der Waals surface area contributed by atoms with Crippen molar-refractivity contribution in [2.45, 2.75) is 36.7 Å². The molecule has 0 radical (unpaired) electrons. The molecule has 2 atom stereocenters. The lowest BCUT2D eigenvalue weighted by Crippen LogP contribution is -2.48. The van der Waals surface area contributed by atoms with Gasteiger partial charge < -0.3 is 9.88 Å². The lowest BCUT2D eigenvalue weighted by atomic mass is 9.86. The number of benzene rings is 5. The van der Waals surface area contributed by atoms with Gasteiger partial charge >= 0.3 is 0 Å². The van der Waals surface area contributed by atoms with E-state index in [1.807, 2.05) is 60.0 Å². The third kappa shape index (κ3) is 8.58. The minimum Gasteiger partial charge on any atom is -0.340 e. The molecule has 7 aromatic rings. The quantitative estimate of drug-likeness (QED) is 0.0953. The van der Waals surface area contributed by atoms with Gasteiger partial charge in [-0.25, -0.2) is 13.4 Å². The molecule has 10 nitrogen and oxygen atoms in total. The molecule has 0 unspecified atom stereocenters. The van der Waals surface area contributed by atoms with E-state index in [9.17, 15) is 28.1 Å². The number of nitro benzene ring substituents is 1. The van der Waals surface area contributed by atoms with Crippen molar-refractivity contribution >= 4 is 65.1 Å². The van der Waals surface area contributed by atoms with Gasteiger partial charge in [0.15, 0.2) is 0 Å². The standard InChI is InChI=1S/C44H34BrClN4O6S/c1-28-9-15-31(16-10-28)32-17-11-30(12-18-32)26-49-27-38(36-8-5-23-47-42(36)49)43(51)48-41(44(52)57(55,56)35-21-22-39(46)40(25-35)50(53)54)37(33-6-3-2-4-7-33)24-29-13-19-34(45)20-14-29/h2-23,25,27,37,41H,24,26H2,1H3,(H,48,51)/t37-,41-/m0/s1. The number of carbonyl (C=O) groups excluding carboxylic acids is 2. The van der Waals surface area contributed by atoms with Gasteiger partial charge in [0.05, 0.1) is 15.4 Å². The van der Waals surface area contributed by atoms with E-state index in [1.54, 1.807) is 54.9 Å². The number of aromatic nitrogens is 2. The molecule has 57 heavy (non-hydrogen) atoms. The molecule has 0 fully saturated rings. The van der Waals surface area contributed by atoms with Crippen LogP contribution < -0.4 is 5.32 Å². The van der Waals surface area contributed by atoms with Gasteiger partial charge in [-0.05, 0) is 77.6 Å². The third-order valence-electron chi connectivity index (χ3n) is 9.80. The first-order valence-corrected chi connectivity index (χ1v) is 20.5. The highest BCUT2D eigenvalue weighted by Gasteiger charge is 2.40. The van der Waals surface area contributed by atoms with Crippen molar-refractivity contribution in [1.82, 2.24) is 14.9 Å². The Kier molecular flexibility index (Phi) is 11.5. The largest absolute Gasteiger partial charge is 0.340 e. The average Bonchev–Trinajstić information content (AvgIpc) is 3.58. The average molecular weight is 862 g/mol. The summed E-state index contributed by atoms with van der Waals surface area (Å²) < 4.78 is 31.0. The Hall–Kier alpha value is -5.95. The van der Waals surface area contributed by atoms with Crippen molar-refractivity contribution in [2.24, 2.45) is 0 Å². The van der Waals surface area contributed by atoms with Gasteiger partial charge in [0.1, 0.15) is 16.7 Å². The van der Waals surface area contributed by atoms with Crippen LogP contribution in [0.15, 0.2) is 155 Å². The normalized spacial score (nSPS) is 12.5. The van der Waals surface area contributed by atoms with Crippen molar-refractivity contribution in [3.05, 3.63) is 193 Å². The molecule has 0 saturated heterocycles. The predicted molar refractivity (Wildman–Crippen MR) is 224 cm³/mol. The summed E-state index contributed by atoms with van der Waals surface area (Å²) in [6, 6.07) is 37.2. The fraction of sp³-hybridized carbons (Fsp3) is 0.114. The number of fused-ring (bicyclic) bond motifs is 1. The summed E-state index contributed by atoms with van der Waals surface area (Å²) in [4.78, 5) is 44.0. The monoisotopic (exact) mass is 860 g/mol. The minimum atomic E-state index is -4.94. The summed E-state index contributed by atoms with van der Waals surface area (Å²) in [6.45, 7) is 2.41. The molecule has 5 aromatic carbocycles. The van der Waals surface area contributed by atoms with Gasteiger partial charge in [-0.2, -0.15) is 0 Å². The van der Waals surface area contributed by atoms with E-state index in [4.69, 9.17) is 11.6 Å². The molecule has 2 heterocycles. The van der Waals surface area contributed by atoms with Crippen LogP contribution in [-0.4, -0.2) is 40.0 Å². The molecule has 0 aliphatic rings. The zero-order valence-corrected chi connectivity index (χ0v) is 33.5. The van der Waals surface area contributed by atoms with Crippen LogP contribution in [0.4, 0.5) is 5.69 Å². The number of halogens is 2. The predicted octanol–water partition coefficient (Wildman–Crippen LogP) is 9.51. The molecule has 0 aliphatic carbocycles. The van der Waals surface area contributed by atoms with Gasteiger partial charge in [0.2, 0.25) is 9.84 Å². The molecule has 1 amide bonds. The number of carbonyl (C=O) groups is 2. The molecule has 2 aromatic heterocycles. The Morgan fingerprint density at radius 3 is 2.18 bits per heavy atom. The third-order valence-corrected chi connectivity index (χ3v) is 12.3. The highest BCUT2D eigenvalue weighted by Crippen LogP contribution is 2.33. The van der Waals surface area contributed by atoms with Crippen molar-refractivity contribution < 1.29 is 22.9 Å². The molecule has 0 saturated carbocycles. The van der Waals surface area contributed by atoms with E-state index >= 15 is 0 Å². The van der Waals surface area contributed by atoms with Crippen LogP contribution in [0.3, 0.4) is 0 Å². The number of hydrogen-bond donors (Lipinski definition) is 1. The number of aryl methyl sites for hydroxylation is 1. The molecule has 286 valence electrons. The number of sulfone groups is 1. The van der Waals surface area contributed by atoms with Gasteiger partial charge in [0.25, 0.3) is 16.7 Å². The molecule has 1 N–H and O–H groups in total. The summed E-state index contributed by atoms with van der Waals surface area (Å²) in [5.41, 5.74) is 5.67. The van der Waals surface area contributed by atoms with Crippen molar-refractivity contribution in [3.63, 3.8) is 0 Å². The molecule has 0 spiro atoms.